The summed E-state index contributed by atoms with van der Waals surface area (Å²) in [4.78, 5) is 14.7. The molecule has 1 atom stereocenters. The van der Waals surface area contributed by atoms with E-state index in [1.165, 1.54) is 11.1 Å². The molecule has 5 heteroatoms. The van der Waals surface area contributed by atoms with E-state index in [9.17, 15) is 4.79 Å². The first kappa shape index (κ1) is 20.4. The van der Waals surface area contributed by atoms with Crippen molar-refractivity contribution in [1.29, 1.82) is 0 Å². The van der Waals surface area contributed by atoms with Gasteiger partial charge in [0, 0.05) is 25.7 Å². The summed E-state index contributed by atoms with van der Waals surface area (Å²) in [6, 6.07) is 16.7. The standard InChI is InChI=1S/C23H30N2O3/c1-3-21(25-12-11-19-8-4-5-9-20(19)15-25)14-24-23(26)17-28-16-18-7-6-10-22(13-18)27-2/h4-10,13,21H,3,11-12,14-17H2,1-2H3,(H,24,26). The lowest BCUT2D eigenvalue weighted by Gasteiger charge is -2.35. The summed E-state index contributed by atoms with van der Waals surface area (Å²) in [5.74, 6) is 0.721. The fourth-order valence-electron chi connectivity index (χ4n) is 3.67. The molecule has 0 aliphatic carbocycles. The summed E-state index contributed by atoms with van der Waals surface area (Å²) in [6.45, 7) is 5.28. The second-order valence-electron chi connectivity index (χ2n) is 7.20. The molecule has 0 bridgehead atoms. The quantitative estimate of drug-likeness (QED) is 0.724. The van der Waals surface area contributed by atoms with Crippen molar-refractivity contribution in [3.63, 3.8) is 0 Å². The Morgan fingerprint density at radius 2 is 2.00 bits per heavy atom. The SMILES string of the molecule is CCC(CNC(=O)COCc1cccc(OC)c1)N1CCc2ccccc2C1. The van der Waals surface area contributed by atoms with Gasteiger partial charge in [0.05, 0.1) is 13.7 Å². The van der Waals surface area contributed by atoms with E-state index in [1.807, 2.05) is 24.3 Å². The first-order chi connectivity index (χ1) is 13.7. The monoisotopic (exact) mass is 382 g/mol. The van der Waals surface area contributed by atoms with Gasteiger partial charge in [0.1, 0.15) is 12.4 Å². The van der Waals surface area contributed by atoms with Gasteiger partial charge in [0.15, 0.2) is 0 Å². The fraction of sp³-hybridized carbons (Fsp3) is 0.435. The molecule has 150 valence electrons. The number of fused-ring (bicyclic) bond motifs is 1. The number of hydrogen-bond acceptors (Lipinski definition) is 4. The lowest BCUT2D eigenvalue weighted by Crippen LogP contribution is -2.46. The molecule has 5 nitrogen and oxygen atoms in total. The highest BCUT2D eigenvalue weighted by atomic mass is 16.5. The number of amides is 1. The van der Waals surface area contributed by atoms with Crippen LogP contribution < -0.4 is 10.1 Å². The van der Waals surface area contributed by atoms with Gasteiger partial charge >= 0.3 is 0 Å². The number of methoxy groups -OCH3 is 1. The van der Waals surface area contributed by atoms with Crippen LogP contribution in [0.5, 0.6) is 5.75 Å². The number of carbonyl (C=O) groups is 1. The third-order valence-electron chi connectivity index (χ3n) is 5.32. The van der Waals surface area contributed by atoms with E-state index in [0.717, 1.165) is 37.2 Å². The molecular weight excluding hydrogens is 352 g/mol. The van der Waals surface area contributed by atoms with Gasteiger partial charge in [-0.15, -0.1) is 0 Å². The summed E-state index contributed by atoms with van der Waals surface area (Å²) in [6.07, 6.45) is 2.08. The van der Waals surface area contributed by atoms with E-state index in [4.69, 9.17) is 9.47 Å². The zero-order valence-electron chi connectivity index (χ0n) is 16.8. The van der Waals surface area contributed by atoms with E-state index in [2.05, 4.69) is 41.4 Å². The normalized spacial score (nSPS) is 14.9. The minimum absolute atomic E-state index is 0.0659. The Bertz CT molecular complexity index is 778. The predicted molar refractivity (Wildman–Crippen MR) is 110 cm³/mol. The molecule has 0 fully saturated rings. The van der Waals surface area contributed by atoms with E-state index in [1.54, 1.807) is 7.11 Å². The van der Waals surface area contributed by atoms with E-state index in [-0.39, 0.29) is 12.5 Å². The van der Waals surface area contributed by atoms with Crippen LogP contribution in [0, 0.1) is 0 Å². The van der Waals surface area contributed by atoms with Gasteiger partial charge in [0.2, 0.25) is 5.91 Å². The zero-order valence-corrected chi connectivity index (χ0v) is 16.8. The average molecular weight is 383 g/mol. The van der Waals surface area contributed by atoms with Gasteiger partial charge in [-0.05, 0) is 41.7 Å². The molecular formula is C23H30N2O3. The van der Waals surface area contributed by atoms with Gasteiger partial charge in [0.25, 0.3) is 0 Å². The van der Waals surface area contributed by atoms with Crippen molar-refractivity contribution >= 4 is 5.91 Å². The van der Waals surface area contributed by atoms with Crippen LogP contribution in [0.25, 0.3) is 0 Å². The maximum absolute atomic E-state index is 12.2. The minimum Gasteiger partial charge on any atom is -0.497 e. The van der Waals surface area contributed by atoms with Gasteiger partial charge in [-0.1, -0.05) is 43.3 Å². The molecule has 1 heterocycles. The second-order valence-corrected chi connectivity index (χ2v) is 7.20. The van der Waals surface area contributed by atoms with Gasteiger partial charge in [-0.2, -0.15) is 0 Å². The number of ether oxygens (including phenoxy) is 2. The van der Waals surface area contributed by atoms with Crippen molar-refractivity contribution in [2.75, 3.05) is 26.8 Å². The van der Waals surface area contributed by atoms with Gasteiger partial charge < -0.3 is 14.8 Å². The van der Waals surface area contributed by atoms with Crippen LogP contribution in [-0.4, -0.2) is 43.7 Å². The highest BCUT2D eigenvalue weighted by Gasteiger charge is 2.22. The highest BCUT2D eigenvalue weighted by Crippen LogP contribution is 2.21. The Morgan fingerprint density at radius 1 is 1.18 bits per heavy atom. The van der Waals surface area contributed by atoms with Crippen LogP contribution in [0.2, 0.25) is 0 Å². The zero-order chi connectivity index (χ0) is 19.8. The van der Waals surface area contributed by atoms with E-state index in [0.29, 0.717) is 19.2 Å². The van der Waals surface area contributed by atoms with Crippen molar-refractivity contribution < 1.29 is 14.3 Å². The number of hydrogen-bond donors (Lipinski definition) is 1. The third kappa shape index (κ3) is 5.57. The van der Waals surface area contributed by atoms with E-state index < -0.39 is 0 Å². The molecule has 3 rings (SSSR count). The molecule has 1 aliphatic heterocycles. The maximum atomic E-state index is 12.2. The summed E-state index contributed by atoms with van der Waals surface area (Å²) in [5.41, 5.74) is 3.84. The summed E-state index contributed by atoms with van der Waals surface area (Å²) < 4.78 is 10.8. The Morgan fingerprint density at radius 3 is 2.79 bits per heavy atom. The van der Waals surface area contributed by atoms with Crippen LogP contribution >= 0.6 is 0 Å². The van der Waals surface area contributed by atoms with Crippen molar-refractivity contribution in [2.24, 2.45) is 0 Å². The number of nitrogens with zero attached hydrogens (tertiary/aromatic N) is 1. The topological polar surface area (TPSA) is 50.8 Å². The predicted octanol–water partition coefficient (Wildman–Crippen LogP) is 3.16. The first-order valence-corrected chi connectivity index (χ1v) is 9.97. The number of rotatable bonds is 9. The maximum Gasteiger partial charge on any atom is 0.246 e. The summed E-state index contributed by atoms with van der Waals surface area (Å²) in [7, 11) is 1.64. The minimum atomic E-state index is -0.0706. The summed E-state index contributed by atoms with van der Waals surface area (Å²) >= 11 is 0. The largest absolute Gasteiger partial charge is 0.497 e. The van der Waals surface area contributed by atoms with Crippen LogP contribution in [-0.2, 0) is 29.1 Å². The summed E-state index contributed by atoms with van der Waals surface area (Å²) in [5, 5.41) is 3.03. The lowest BCUT2D eigenvalue weighted by molar-refractivity contribution is -0.126. The van der Waals surface area contributed by atoms with Gasteiger partial charge in [-0.3, -0.25) is 9.69 Å². The van der Waals surface area contributed by atoms with Crippen LogP contribution in [0.3, 0.4) is 0 Å². The third-order valence-corrected chi connectivity index (χ3v) is 5.32. The molecule has 2 aromatic rings. The number of benzene rings is 2. The first-order valence-electron chi connectivity index (χ1n) is 9.97. The molecule has 1 aliphatic rings. The molecule has 1 amide bonds. The second kappa shape index (κ2) is 10.2. The fourth-order valence-corrected chi connectivity index (χ4v) is 3.67. The molecule has 2 aromatic carbocycles. The Balaban J connectivity index is 1.41. The highest BCUT2D eigenvalue weighted by molar-refractivity contribution is 5.77. The number of carbonyl (C=O) groups excluding carboxylic acids is 1. The average Bonchev–Trinajstić information content (AvgIpc) is 2.74. The van der Waals surface area contributed by atoms with E-state index >= 15 is 0 Å². The molecule has 0 saturated carbocycles. The smallest absolute Gasteiger partial charge is 0.246 e. The van der Waals surface area contributed by atoms with Crippen molar-refractivity contribution in [2.45, 2.75) is 39.0 Å². The van der Waals surface area contributed by atoms with Crippen LogP contribution in [0.1, 0.15) is 30.0 Å². The molecule has 0 saturated heterocycles. The van der Waals surface area contributed by atoms with Crippen LogP contribution in [0.15, 0.2) is 48.5 Å². The van der Waals surface area contributed by atoms with Crippen molar-refractivity contribution in [3.05, 3.63) is 65.2 Å². The molecule has 0 radical (unpaired) electrons. The Labute approximate surface area is 167 Å². The molecule has 0 spiro atoms. The van der Waals surface area contributed by atoms with Crippen molar-refractivity contribution in [1.82, 2.24) is 10.2 Å². The Hall–Kier alpha value is -2.37. The molecule has 0 aromatic heterocycles. The molecule has 28 heavy (non-hydrogen) atoms. The van der Waals surface area contributed by atoms with Gasteiger partial charge in [-0.25, -0.2) is 0 Å². The van der Waals surface area contributed by atoms with Crippen LogP contribution in [0.4, 0.5) is 0 Å². The Kier molecular flexibility index (Phi) is 7.46. The lowest BCUT2D eigenvalue weighted by atomic mass is 9.98. The molecule has 1 N–H and O–H groups in total. The molecule has 1 unspecified atom stereocenters. The van der Waals surface area contributed by atoms with Crippen molar-refractivity contribution in [3.8, 4) is 5.75 Å². The number of nitrogens with one attached hydrogen (secondary N) is 1.